The van der Waals surface area contributed by atoms with Gasteiger partial charge >= 0.3 is 0 Å². The molecule has 4 rings (SSSR count). The summed E-state index contributed by atoms with van der Waals surface area (Å²) in [5.41, 5.74) is 4.24. The normalized spacial score (nSPS) is 21.5. The zero-order chi connectivity index (χ0) is 18.9. The molecule has 0 saturated carbocycles. The zero-order valence-electron chi connectivity index (χ0n) is 16.1. The van der Waals surface area contributed by atoms with Crippen LogP contribution in [0.15, 0.2) is 30.6 Å². The van der Waals surface area contributed by atoms with Gasteiger partial charge in [0.25, 0.3) is 0 Å². The topological polar surface area (TPSA) is 68.2 Å². The Labute approximate surface area is 160 Å². The van der Waals surface area contributed by atoms with Crippen molar-refractivity contribution in [1.82, 2.24) is 14.9 Å². The highest BCUT2D eigenvalue weighted by Gasteiger charge is 2.40. The number of imidazole rings is 1. The molecule has 2 aliphatic heterocycles. The number of carbonyl (C=O) groups excluding carboxylic acids is 1. The standard InChI is InChI=1S/C21H28N4O2/c1-15-16(2)25(14-22-15)19-5-3-18(4-6-19)24-20(26)11-17-12-21(23-13-17)7-9-27-10-8-21/h3-6,14,17,23H,7-13H2,1-2H3,(H,24,26). The van der Waals surface area contributed by atoms with Gasteiger partial charge in [0.1, 0.15) is 0 Å². The molecule has 2 aromatic rings. The third kappa shape index (κ3) is 3.92. The number of carbonyl (C=O) groups is 1. The van der Waals surface area contributed by atoms with E-state index in [2.05, 4.69) is 27.1 Å². The number of rotatable bonds is 4. The van der Waals surface area contributed by atoms with Crippen molar-refractivity contribution in [2.45, 2.75) is 45.1 Å². The number of aryl methyl sites for hydroxylation is 1. The number of nitrogens with zero attached hydrogens (tertiary/aromatic N) is 2. The average Bonchev–Trinajstić information content (AvgIpc) is 3.20. The van der Waals surface area contributed by atoms with Gasteiger partial charge in [0.05, 0.1) is 12.0 Å². The van der Waals surface area contributed by atoms with Crippen LogP contribution in [0.4, 0.5) is 5.69 Å². The second-order valence-corrected chi connectivity index (χ2v) is 7.93. The largest absolute Gasteiger partial charge is 0.381 e. The Morgan fingerprint density at radius 3 is 2.70 bits per heavy atom. The highest BCUT2D eigenvalue weighted by Crippen LogP contribution is 2.34. The van der Waals surface area contributed by atoms with Crippen molar-refractivity contribution in [2.24, 2.45) is 5.92 Å². The average molecular weight is 368 g/mol. The molecule has 1 aromatic heterocycles. The highest BCUT2D eigenvalue weighted by atomic mass is 16.5. The summed E-state index contributed by atoms with van der Waals surface area (Å²) in [7, 11) is 0. The Morgan fingerprint density at radius 2 is 2.04 bits per heavy atom. The van der Waals surface area contributed by atoms with Gasteiger partial charge in [-0.1, -0.05) is 0 Å². The number of anilines is 1. The zero-order valence-corrected chi connectivity index (χ0v) is 16.1. The number of aromatic nitrogens is 2. The van der Waals surface area contributed by atoms with Crippen molar-refractivity contribution in [2.75, 3.05) is 25.1 Å². The first-order valence-corrected chi connectivity index (χ1v) is 9.78. The quantitative estimate of drug-likeness (QED) is 0.871. The number of nitrogens with one attached hydrogen (secondary N) is 2. The fourth-order valence-electron chi connectivity index (χ4n) is 4.28. The Morgan fingerprint density at radius 1 is 1.30 bits per heavy atom. The summed E-state index contributed by atoms with van der Waals surface area (Å²) in [6.45, 7) is 6.63. The molecule has 0 radical (unpaired) electrons. The highest BCUT2D eigenvalue weighted by molar-refractivity contribution is 5.91. The number of amides is 1. The van der Waals surface area contributed by atoms with Crippen LogP contribution in [0.2, 0.25) is 0 Å². The van der Waals surface area contributed by atoms with Crippen molar-refractivity contribution in [3.63, 3.8) is 0 Å². The number of hydrogen-bond donors (Lipinski definition) is 2. The van der Waals surface area contributed by atoms with Crippen LogP contribution < -0.4 is 10.6 Å². The van der Waals surface area contributed by atoms with E-state index < -0.39 is 0 Å². The van der Waals surface area contributed by atoms with E-state index in [1.165, 1.54) is 0 Å². The first kappa shape index (κ1) is 18.2. The Bertz CT molecular complexity index is 806. The molecule has 2 fully saturated rings. The van der Waals surface area contributed by atoms with E-state index in [0.717, 1.165) is 61.8 Å². The number of benzene rings is 1. The van der Waals surface area contributed by atoms with Crippen LogP contribution >= 0.6 is 0 Å². The minimum atomic E-state index is 0.0910. The van der Waals surface area contributed by atoms with Gasteiger partial charge in [0.15, 0.2) is 0 Å². The van der Waals surface area contributed by atoms with Crippen LogP contribution in [0.25, 0.3) is 5.69 Å². The lowest BCUT2D eigenvalue weighted by Crippen LogP contribution is -2.44. The first-order chi connectivity index (χ1) is 13.0. The molecule has 6 heteroatoms. The van der Waals surface area contributed by atoms with E-state index in [0.29, 0.717) is 12.3 Å². The number of hydrogen-bond acceptors (Lipinski definition) is 4. The molecule has 0 aliphatic carbocycles. The summed E-state index contributed by atoms with van der Waals surface area (Å²) in [4.78, 5) is 16.8. The van der Waals surface area contributed by atoms with Crippen LogP contribution in [-0.4, -0.2) is 40.8 Å². The van der Waals surface area contributed by atoms with Gasteiger partial charge in [-0.05, 0) is 69.8 Å². The SMILES string of the molecule is Cc1ncn(-c2ccc(NC(=O)CC3CNC4(CCOCC4)C3)cc2)c1C. The molecule has 1 atom stereocenters. The van der Waals surface area contributed by atoms with Crippen LogP contribution in [-0.2, 0) is 9.53 Å². The second kappa shape index (κ2) is 7.44. The maximum absolute atomic E-state index is 12.5. The molecule has 1 amide bonds. The van der Waals surface area contributed by atoms with E-state index in [1.807, 2.05) is 37.5 Å². The fourth-order valence-corrected chi connectivity index (χ4v) is 4.28. The minimum absolute atomic E-state index is 0.0910. The minimum Gasteiger partial charge on any atom is -0.381 e. The monoisotopic (exact) mass is 368 g/mol. The van der Waals surface area contributed by atoms with E-state index in [4.69, 9.17) is 4.74 Å². The molecule has 6 nitrogen and oxygen atoms in total. The number of ether oxygens (including phenoxy) is 1. The summed E-state index contributed by atoms with van der Waals surface area (Å²) >= 11 is 0. The predicted octanol–water partition coefficient (Wildman–Crippen LogP) is 2.98. The van der Waals surface area contributed by atoms with Crippen molar-refractivity contribution < 1.29 is 9.53 Å². The van der Waals surface area contributed by atoms with Gasteiger partial charge in [-0.15, -0.1) is 0 Å². The summed E-state index contributed by atoms with van der Waals surface area (Å²) < 4.78 is 7.53. The Hall–Kier alpha value is -2.18. The fraction of sp³-hybridized carbons (Fsp3) is 0.524. The maximum atomic E-state index is 12.5. The van der Waals surface area contributed by atoms with Gasteiger partial charge in [-0.2, -0.15) is 0 Å². The molecule has 3 heterocycles. The lowest BCUT2D eigenvalue weighted by atomic mass is 9.85. The molecule has 0 bridgehead atoms. The Kier molecular flexibility index (Phi) is 5.02. The lowest BCUT2D eigenvalue weighted by Gasteiger charge is -2.33. The molecule has 1 unspecified atom stereocenters. The van der Waals surface area contributed by atoms with Gasteiger partial charge in [-0.25, -0.2) is 4.98 Å². The molecular formula is C21H28N4O2. The van der Waals surface area contributed by atoms with Crippen molar-refractivity contribution >= 4 is 11.6 Å². The smallest absolute Gasteiger partial charge is 0.224 e. The molecule has 2 saturated heterocycles. The summed E-state index contributed by atoms with van der Waals surface area (Å²) in [6, 6.07) is 7.93. The van der Waals surface area contributed by atoms with Crippen LogP contribution in [0.3, 0.4) is 0 Å². The second-order valence-electron chi connectivity index (χ2n) is 7.93. The van der Waals surface area contributed by atoms with Gasteiger partial charge < -0.3 is 19.9 Å². The molecule has 2 N–H and O–H groups in total. The van der Waals surface area contributed by atoms with Crippen molar-refractivity contribution in [3.05, 3.63) is 42.0 Å². The molecular weight excluding hydrogens is 340 g/mol. The van der Waals surface area contributed by atoms with Gasteiger partial charge in [0, 0.05) is 42.2 Å². The van der Waals surface area contributed by atoms with Crippen LogP contribution in [0, 0.1) is 19.8 Å². The van der Waals surface area contributed by atoms with E-state index in [9.17, 15) is 4.79 Å². The summed E-state index contributed by atoms with van der Waals surface area (Å²) in [5.74, 6) is 0.493. The molecule has 1 aromatic carbocycles. The van der Waals surface area contributed by atoms with Crippen LogP contribution in [0.5, 0.6) is 0 Å². The maximum Gasteiger partial charge on any atom is 0.224 e. The van der Waals surface area contributed by atoms with Gasteiger partial charge in [0.2, 0.25) is 5.91 Å². The molecule has 2 aliphatic rings. The van der Waals surface area contributed by atoms with E-state index in [-0.39, 0.29) is 11.4 Å². The third-order valence-corrected chi connectivity index (χ3v) is 6.05. The first-order valence-electron chi connectivity index (χ1n) is 9.78. The third-order valence-electron chi connectivity index (χ3n) is 6.05. The van der Waals surface area contributed by atoms with E-state index >= 15 is 0 Å². The van der Waals surface area contributed by atoms with Crippen molar-refractivity contribution in [3.8, 4) is 5.69 Å². The summed E-state index contributed by atoms with van der Waals surface area (Å²) in [5, 5.41) is 6.70. The lowest BCUT2D eigenvalue weighted by molar-refractivity contribution is -0.117. The molecule has 144 valence electrons. The predicted molar refractivity (Wildman–Crippen MR) is 105 cm³/mol. The van der Waals surface area contributed by atoms with Gasteiger partial charge in [-0.3, -0.25) is 4.79 Å². The van der Waals surface area contributed by atoms with E-state index in [1.54, 1.807) is 0 Å². The van der Waals surface area contributed by atoms with Crippen molar-refractivity contribution in [1.29, 1.82) is 0 Å². The molecule has 27 heavy (non-hydrogen) atoms. The molecule has 1 spiro atoms. The van der Waals surface area contributed by atoms with Crippen LogP contribution in [0.1, 0.15) is 37.1 Å². The Balaban J connectivity index is 1.33. The summed E-state index contributed by atoms with van der Waals surface area (Å²) in [6.07, 6.45) is 5.58.